The molecule has 0 radical (unpaired) electrons. The van der Waals surface area contributed by atoms with Gasteiger partial charge in [-0.1, -0.05) is 0 Å². The van der Waals surface area contributed by atoms with Crippen molar-refractivity contribution in [2.24, 2.45) is 17.1 Å². The normalized spacial score (nSPS) is 20.9. The van der Waals surface area contributed by atoms with Gasteiger partial charge >= 0.3 is 0 Å². The van der Waals surface area contributed by atoms with E-state index >= 15 is 0 Å². The van der Waals surface area contributed by atoms with E-state index in [1.807, 2.05) is 39.5 Å². The fourth-order valence-electron chi connectivity index (χ4n) is 2.26. The average molecular weight is 256 g/mol. The molecule has 1 fully saturated rings. The van der Waals surface area contributed by atoms with Gasteiger partial charge in [-0.15, -0.1) is 0 Å². The molecule has 18 heavy (non-hydrogen) atoms. The van der Waals surface area contributed by atoms with Crippen LogP contribution < -0.4 is 5.73 Å². The van der Waals surface area contributed by atoms with Crippen LogP contribution in [-0.2, 0) is 4.79 Å². The van der Waals surface area contributed by atoms with Crippen LogP contribution in [0.1, 0.15) is 47.5 Å². The molecule has 106 valence electrons. The highest BCUT2D eigenvalue weighted by atomic mass is 16.3. The van der Waals surface area contributed by atoms with Crippen LogP contribution >= 0.6 is 0 Å². The number of carbonyl (C=O) groups is 1. The van der Waals surface area contributed by atoms with Crippen molar-refractivity contribution in [1.29, 1.82) is 0 Å². The Hall–Kier alpha value is -0.610. The van der Waals surface area contributed by atoms with Crippen molar-refractivity contribution in [3.05, 3.63) is 0 Å². The minimum Gasteiger partial charge on any atom is -0.393 e. The van der Waals surface area contributed by atoms with Gasteiger partial charge < -0.3 is 15.7 Å². The van der Waals surface area contributed by atoms with Crippen LogP contribution in [-0.4, -0.2) is 40.6 Å². The topological polar surface area (TPSA) is 66.6 Å². The van der Waals surface area contributed by atoms with E-state index in [0.29, 0.717) is 5.92 Å². The lowest BCUT2D eigenvalue weighted by molar-refractivity contribution is -0.145. The summed E-state index contributed by atoms with van der Waals surface area (Å²) in [5.41, 5.74) is 5.01. The summed E-state index contributed by atoms with van der Waals surface area (Å²) in [6.07, 6.45) is 1.48. The molecule has 1 saturated heterocycles. The van der Waals surface area contributed by atoms with E-state index in [2.05, 4.69) is 0 Å². The van der Waals surface area contributed by atoms with Crippen LogP contribution in [0.4, 0.5) is 0 Å². The van der Waals surface area contributed by atoms with E-state index in [4.69, 9.17) is 5.73 Å². The number of aliphatic hydroxyl groups excluding tert-OH is 1. The lowest BCUT2D eigenvalue weighted by Crippen LogP contribution is -2.57. The Balaban J connectivity index is 2.66. The van der Waals surface area contributed by atoms with E-state index in [0.717, 1.165) is 25.9 Å². The maximum Gasteiger partial charge on any atom is 0.230 e. The Kier molecular flexibility index (Phi) is 4.44. The van der Waals surface area contributed by atoms with Gasteiger partial charge in [0, 0.05) is 18.6 Å². The van der Waals surface area contributed by atoms with Crippen LogP contribution in [0.15, 0.2) is 0 Å². The quantitative estimate of drug-likeness (QED) is 0.801. The van der Waals surface area contributed by atoms with Gasteiger partial charge in [0.2, 0.25) is 5.91 Å². The lowest BCUT2D eigenvalue weighted by atomic mass is 9.73. The Morgan fingerprint density at radius 3 is 2.06 bits per heavy atom. The number of piperidine rings is 1. The van der Waals surface area contributed by atoms with Gasteiger partial charge in [0.25, 0.3) is 0 Å². The molecule has 1 amide bonds. The molecule has 0 bridgehead atoms. The first-order valence-electron chi connectivity index (χ1n) is 6.83. The zero-order valence-corrected chi connectivity index (χ0v) is 12.4. The number of nitrogens with zero attached hydrogens (tertiary/aromatic N) is 1. The predicted octanol–water partition coefficient (Wildman–Crippen LogP) is 1.37. The second kappa shape index (κ2) is 5.17. The highest BCUT2D eigenvalue weighted by Crippen LogP contribution is 2.32. The number of hydrogen-bond donors (Lipinski definition) is 2. The van der Waals surface area contributed by atoms with E-state index in [1.165, 1.54) is 0 Å². The zero-order chi connectivity index (χ0) is 14.1. The minimum absolute atomic E-state index is 0.124. The van der Waals surface area contributed by atoms with Gasteiger partial charge in [0.15, 0.2) is 0 Å². The van der Waals surface area contributed by atoms with Gasteiger partial charge in [0.05, 0.1) is 11.5 Å². The molecule has 0 saturated carbocycles. The number of amides is 1. The van der Waals surface area contributed by atoms with Gasteiger partial charge in [-0.25, -0.2) is 0 Å². The number of nitrogens with two attached hydrogens (primary N) is 1. The summed E-state index contributed by atoms with van der Waals surface area (Å²) < 4.78 is 0. The van der Waals surface area contributed by atoms with Crippen LogP contribution in [0.5, 0.6) is 0 Å². The molecule has 3 N–H and O–H groups in total. The van der Waals surface area contributed by atoms with Crippen molar-refractivity contribution in [3.63, 3.8) is 0 Å². The highest BCUT2D eigenvalue weighted by molar-refractivity contribution is 5.83. The summed E-state index contributed by atoms with van der Waals surface area (Å²) in [6.45, 7) is 10.9. The summed E-state index contributed by atoms with van der Waals surface area (Å²) in [5, 5.41) is 9.57. The van der Waals surface area contributed by atoms with Gasteiger partial charge in [-0.3, -0.25) is 4.79 Å². The highest BCUT2D eigenvalue weighted by Gasteiger charge is 2.43. The molecular formula is C14H28N2O2. The molecule has 1 rings (SSSR count). The minimum atomic E-state index is -0.565. The largest absolute Gasteiger partial charge is 0.393 e. The van der Waals surface area contributed by atoms with Crippen molar-refractivity contribution in [3.8, 4) is 0 Å². The van der Waals surface area contributed by atoms with Gasteiger partial charge in [0.1, 0.15) is 0 Å². The first-order valence-corrected chi connectivity index (χ1v) is 6.83. The standard InChI is InChI=1S/C14H28N2O2/c1-10(17)11-6-8-16(9-7-11)12(18)13(2,3)14(4,5)15/h10-11,17H,6-9,15H2,1-5H3. The zero-order valence-electron chi connectivity index (χ0n) is 12.4. The summed E-state index contributed by atoms with van der Waals surface area (Å²) in [7, 11) is 0. The maximum atomic E-state index is 12.5. The van der Waals surface area contributed by atoms with Crippen molar-refractivity contribution >= 4 is 5.91 Å². The second-order valence-corrected chi connectivity index (χ2v) is 6.72. The third-order valence-corrected chi connectivity index (χ3v) is 4.65. The van der Waals surface area contributed by atoms with E-state index in [-0.39, 0.29) is 12.0 Å². The smallest absolute Gasteiger partial charge is 0.230 e. The predicted molar refractivity (Wildman–Crippen MR) is 73.0 cm³/mol. The molecular weight excluding hydrogens is 228 g/mol. The lowest BCUT2D eigenvalue weighted by Gasteiger charge is -2.43. The van der Waals surface area contributed by atoms with Crippen molar-refractivity contribution in [2.75, 3.05) is 13.1 Å². The second-order valence-electron chi connectivity index (χ2n) is 6.72. The fourth-order valence-corrected chi connectivity index (χ4v) is 2.26. The Morgan fingerprint density at radius 1 is 1.28 bits per heavy atom. The van der Waals surface area contributed by atoms with Crippen LogP contribution in [0.25, 0.3) is 0 Å². The van der Waals surface area contributed by atoms with E-state index < -0.39 is 11.0 Å². The summed E-state index contributed by atoms with van der Waals surface area (Å²) >= 11 is 0. The summed E-state index contributed by atoms with van der Waals surface area (Å²) in [5.74, 6) is 0.446. The number of aliphatic hydroxyl groups is 1. The van der Waals surface area contributed by atoms with Crippen molar-refractivity contribution < 1.29 is 9.90 Å². The van der Waals surface area contributed by atoms with Crippen molar-refractivity contribution in [1.82, 2.24) is 4.90 Å². The molecule has 0 aliphatic carbocycles. The molecule has 1 atom stereocenters. The third kappa shape index (κ3) is 3.04. The van der Waals surface area contributed by atoms with E-state index in [1.54, 1.807) is 0 Å². The number of hydrogen-bond acceptors (Lipinski definition) is 3. The molecule has 4 heteroatoms. The Morgan fingerprint density at radius 2 is 1.72 bits per heavy atom. The molecule has 1 heterocycles. The third-order valence-electron chi connectivity index (χ3n) is 4.65. The molecule has 1 aliphatic heterocycles. The summed E-state index contributed by atoms with van der Waals surface area (Å²) in [4.78, 5) is 14.4. The van der Waals surface area contributed by atoms with Crippen molar-refractivity contribution in [2.45, 2.75) is 59.1 Å². The number of rotatable bonds is 3. The molecule has 1 unspecified atom stereocenters. The maximum absolute atomic E-state index is 12.5. The Labute approximate surface area is 111 Å². The number of likely N-dealkylation sites (tertiary alicyclic amines) is 1. The first kappa shape index (κ1) is 15.4. The van der Waals surface area contributed by atoms with Crippen LogP contribution in [0.3, 0.4) is 0 Å². The SMILES string of the molecule is CC(O)C1CCN(C(=O)C(C)(C)C(C)(C)N)CC1. The molecule has 4 nitrogen and oxygen atoms in total. The van der Waals surface area contributed by atoms with Crippen LogP contribution in [0, 0.1) is 11.3 Å². The van der Waals surface area contributed by atoms with Gasteiger partial charge in [-0.2, -0.15) is 0 Å². The monoisotopic (exact) mass is 256 g/mol. The molecule has 0 aromatic carbocycles. The molecule has 0 aromatic heterocycles. The van der Waals surface area contributed by atoms with Crippen LogP contribution in [0.2, 0.25) is 0 Å². The first-order chi connectivity index (χ1) is 8.07. The van der Waals surface area contributed by atoms with E-state index in [9.17, 15) is 9.90 Å². The average Bonchev–Trinajstić information content (AvgIpc) is 2.26. The fraction of sp³-hybridized carbons (Fsp3) is 0.929. The molecule has 0 spiro atoms. The molecule has 1 aliphatic rings. The molecule has 0 aromatic rings. The summed E-state index contributed by atoms with van der Waals surface area (Å²) in [6, 6.07) is 0. The Bertz CT molecular complexity index is 297. The van der Waals surface area contributed by atoms with Gasteiger partial charge in [-0.05, 0) is 53.4 Å². The number of carbonyl (C=O) groups excluding carboxylic acids is 1.